The molecule has 0 radical (unpaired) electrons. The Balaban J connectivity index is 2.56. The molecule has 2 rings (SSSR count). The number of aromatic nitrogens is 2. The molecule has 1 atom stereocenters. The minimum atomic E-state index is -0.713. The van der Waals surface area contributed by atoms with E-state index in [0.29, 0.717) is 17.2 Å². The lowest BCUT2D eigenvalue weighted by Crippen LogP contribution is -2.36. The molecule has 24 heavy (non-hydrogen) atoms. The Kier molecular flexibility index (Phi) is 5.23. The van der Waals surface area contributed by atoms with Crippen LogP contribution in [-0.4, -0.2) is 48.9 Å². The topological polar surface area (TPSA) is 73.7 Å². The summed E-state index contributed by atoms with van der Waals surface area (Å²) in [5, 5.41) is 4.36. The van der Waals surface area contributed by atoms with Crippen LogP contribution in [-0.2, 0) is 4.79 Å². The van der Waals surface area contributed by atoms with Crippen LogP contribution in [0.4, 0.5) is 0 Å². The van der Waals surface area contributed by atoms with Crippen LogP contribution in [0.2, 0.25) is 0 Å². The fourth-order valence-electron chi connectivity index (χ4n) is 2.31. The van der Waals surface area contributed by atoms with E-state index in [4.69, 9.17) is 9.47 Å². The smallest absolute Gasteiger partial charge is 0.271 e. The van der Waals surface area contributed by atoms with E-state index in [9.17, 15) is 9.59 Å². The average molecular weight is 331 g/mol. The Morgan fingerprint density at radius 2 is 1.79 bits per heavy atom. The lowest BCUT2D eigenvalue weighted by atomic mass is 10.1. The van der Waals surface area contributed by atoms with Crippen LogP contribution in [0.5, 0.6) is 11.5 Å². The van der Waals surface area contributed by atoms with Crippen molar-refractivity contribution < 1.29 is 14.3 Å². The first kappa shape index (κ1) is 17.5. The van der Waals surface area contributed by atoms with Gasteiger partial charge in [0.05, 0.1) is 14.2 Å². The molecule has 0 aliphatic carbocycles. The molecule has 0 unspecified atom stereocenters. The fraction of sp³-hybridized carbons (Fsp3) is 0.353. The Hall–Kier alpha value is -2.83. The van der Waals surface area contributed by atoms with Crippen LogP contribution in [0, 0.1) is 0 Å². The average Bonchev–Trinajstić information content (AvgIpc) is 2.60. The first-order valence-corrected chi connectivity index (χ1v) is 7.42. The predicted octanol–water partition coefficient (Wildman–Crippen LogP) is 1.58. The van der Waals surface area contributed by atoms with Gasteiger partial charge in [-0.1, -0.05) is 0 Å². The third-order valence-corrected chi connectivity index (χ3v) is 3.67. The molecule has 0 bridgehead atoms. The fourth-order valence-corrected chi connectivity index (χ4v) is 2.31. The minimum Gasteiger partial charge on any atom is -0.497 e. The quantitative estimate of drug-likeness (QED) is 0.831. The van der Waals surface area contributed by atoms with Gasteiger partial charge in [0.1, 0.15) is 17.5 Å². The zero-order valence-corrected chi connectivity index (χ0v) is 14.4. The number of carbonyl (C=O) groups is 1. The number of benzene rings is 1. The van der Waals surface area contributed by atoms with Gasteiger partial charge in [-0.15, -0.1) is 0 Å². The number of methoxy groups -OCH3 is 2. The number of rotatable bonds is 5. The molecule has 0 N–H and O–H groups in total. The van der Waals surface area contributed by atoms with Crippen molar-refractivity contribution in [3.05, 3.63) is 40.7 Å². The predicted molar refractivity (Wildman–Crippen MR) is 90.4 cm³/mol. The van der Waals surface area contributed by atoms with Gasteiger partial charge in [-0.05, 0) is 31.2 Å². The van der Waals surface area contributed by atoms with Gasteiger partial charge in [0.25, 0.3) is 5.56 Å². The molecule has 0 aliphatic heterocycles. The van der Waals surface area contributed by atoms with E-state index >= 15 is 0 Å². The van der Waals surface area contributed by atoms with E-state index < -0.39 is 11.6 Å². The molecule has 1 aromatic heterocycles. The van der Waals surface area contributed by atoms with Crippen molar-refractivity contribution >= 4 is 5.91 Å². The van der Waals surface area contributed by atoms with Crippen molar-refractivity contribution in [2.24, 2.45) is 0 Å². The molecular weight excluding hydrogens is 310 g/mol. The third-order valence-electron chi connectivity index (χ3n) is 3.67. The van der Waals surface area contributed by atoms with Gasteiger partial charge in [0, 0.05) is 25.7 Å². The summed E-state index contributed by atoms with van der Waals surface area (Å²) in [4.78, 5) is 25.9. The highest BCUT2D eigenvalue weighted by Gasteiger charge is 2.21. The van der Waals surface area contributed by atoms with Crippen LogP contribution >= 0.6 is 0 Å². The molecule has 0 fully saturated rings. The monoisotopic (exact) mass is 331 g/mol. The number of carbonyl (C=O) groups excluding carboxylic acids is 1. The van der Waals surface area contributed by atoms with E-state index in [1.165, 1.54) is 22.8 Å². The van der Waals surface area contributed by atoms with Crippen LogP contribution in [0.3, 0.4) is 0 Å². The Bertz CT molecular complexity index is 781. The standard InChI is InChI=1S/C17H21N3O4/c1-11(17(22)19(2)3)20-15(21)10-14(24-5)16(18-20)12-6-8-13(23-4)9-7-12/h6-11H,1-5H3/t11-/m1/s1. The molecule has 0 spiro atoms. The number of nitrogens with zero attached hydrogens (tertiary/aromatic N) is 3. The molecule has 7 nitrogen and oxygen atoms in total. The van der Waals surface area contributed by atoms with Crippen LogP contribution in [0.25, 0.3) is 11.3 Å². The number of hydrogen-bond donors (Lipinski definition) is 0. The number of amides is 1. The summed E-state index contributed by atoms with van der Waals surface area (Å²) < 4.78 is 11.6. The van der Waals surface area contributed by atoms with Gasteiger partial charge in [-0.25, -0.2) is 4.68 Å². The highest BCUT2D eigenvalue weighted by Crippen LogP contribution is 2.28. The van der Waals surface area contributed by atoms with E-state index in [-0.39, 0.29) is 5.91 Å². The van der Waals surface area contributed by atoms with E-state index in [0.717, 1.165) is 5.56 Å². The highest BCUT2D eigenvalue weighted by molar-refractivity contribution is 5.79. The summed E-state index contributed by atoms with van der Waals surface area (Å²) in [5.41, 5.74) is 0.843. The van der Waals surface area contributed by atoms with Crippen molar-refractivity contribution in [2.45, 2.75) is 13.0 Å². The van der Waals surface area contributed by atoms with Crippen LogP contribution < -0.4 is 15.0 Å². The summed E-state index contributed by atoms with van der Waals surface area (Å²) >= 11 is 0. The van der Waals surface area contributed by atoms with E-state index in [2.05, 4.69) is 5.10 Å². The van der Waals surface area contributed by atoms with Gasteiger partial charge in [-0.3, -0.25) is 9.59 Å². The zero-order valence-electron chi connectivity index (χ0n) is 14.4. The Labute approximate surface area is 140 Å². The van der Waals surface area contributed by atoms with Gasteiger partial charge in [0.2, 0.25) is 5.91 Å². The molecule has 0 saturated heterocycles. The number of ether oxygens (including phenoxy) is 2. The van der Waals surface area contributed by atoms with Crippen molar-refractivity contribution in [1.29, 1.82) is 0 Å². The minimum absolute atomic E-state index is 0.213. The lowest BCUT2D eigenvalue weighted by molar-refractivity contribution is -0.132. The van der Waals surface area contributed by atoms with E-state index in [1.54, 1.807) is 40.3 Å². The first-order valence-electron chi connectivity index (χ1n) is 7.42. The molecule has 2 aromatic rings. The molecule has 1 aromatic carbocycles. The molecule has 0 saturated carbocycles. The molecule has 128 valence electrons. The molecule has 7 heteroatoms. The summed E-state index contributed by atoms with van der Waals surface area (Å²) in [7, 11) is 6.33. The van der Waals surface area contributed by atoms with Gasteiger partial charge in [-0.2, -0.15) is 5.10 Å². The van der Waals surface area contributed by atoms with Crippen molar-refractivity contribution in [3.8, 4) is 22.8 Å². The summed E-state index contributed by atoms with van der Waals surface area (Å²) in [6.45, 7) is 1.64. The Morgan fingerprint density at radius 1 is 1.17 bits per heavy atom. The van der Waals surface area contributed by atoms with Gasteiger partial charge >= 0.3 is 0 Å². The Morgan fingerprint density at radius 3 is 2.29 bits per heavy atom. The number of likely N-dealkylation sites (N-methyl/N-ethyl adjacent to an activating group) is 1. The number of hydrogen-bond acceptors (Lipinski definition) is 5. The molecule has 1 heterocycles. The third kappa shape index (κ3) is 3.40. The van der Waals surface area contributed by atoms with Crippen LogP contribution in [0.1, 0.15) is 13.0 Å². The van der Waals surface area contributed by atoms with Crippen molar-refractivity contribution in [2.75, 3.05) is 28.3 Å². The highest BCUT2D eigenvalue weighted by atomic mass is 16.5. The lowest BCUT2D eigenvalue weighted by Gasteiger charge is -2.19. The summed E-state index contributed by atoms with van der Waals surface area (Å²) in [6, 6.07) is 7.84. The molecule has 0 aliphatic rings. The SMILES string of the molecule is COc1ccc(-c2nn([C@H](C)C(=O)N(C)C)c(=O)cc2OC)cc1. The van der Waals surface area contributed by atoms with Gasteiger partial charge in [0.15, 0.2) is 5.75 Å². The van der Waals surface area contributed by atoms with Crippen LogP contribution in [0.15, 0.2) is 35.1 Å². The molecular formula is C17H21N3O4. The normalized spacial score (nSPS) is 11.7. The second-order valence-electron chi connectivity index (χ2n) is 5.48. The maximum atomic E-state index is 12.3. The summed E-state index contributed by atoms with van der Waals surface area (Å²) in [5.74, 6) is 0.851. The largest absolute Gasteiger partial charge is 0.497 e. The second-order valence-corrected chi connectivity index (χ2v) is 5.48. The maximum absolute atomic E-state index is 12.3. The van der Waals surface area contributed by atoms with Crippen molar-refractivity contribution in [1.82, 2.24) is 14.7 Å². The molecule has 1 amide bonds. The van der Waals surface area contributed by atoms with E-state index in [1.807, 2.05) is 12.1 Å². The zero-order chi connectivity index (χ0) is 17.9. The summed E-state index contributed by atoms with van der Waals surface area (Å²) in [6.07, 6.45) is 0. The van der Waals surface area contributed by atoms with Gasteiger partial charge < -0.3 is 14.4 Å². The first-order chi connectivity index (χ1) is 11.4. The maximum Gasteiger partial charge on any atom is 0.271 e. The second kappa shape index (κ2) is 7.16. The van der Waals surface area contributed by atoms with Crippen molar-refractivity contribution in [3.63, 3.8) is 0 Å².